The highest BCUT2D eigenvalue weighted by molar-refractivity contribution is 6.35. The summed E-state index contributed by atoms with van der Waals surface area (Å²) in [6, 6.07) is 3.67. The first-order valence-corrected chi connectivity index (χ1v) is 8.70. The predicted octanol–water partition coefficient (Wildman–Crippen LogP) is 3.75. The monoisotopic (exact) mass is 356 g/mol. The number of benzene rings is 1. The number of carboxylic acid groups (broad SMARTS) is 1. The van der Waals surface area contributed by atoms with Crippen LogP contribution in [-0.4, -0.2) is 43.2 Å². The number of rotatable bonds is 4. The number of carbonyl (C=O) groups is 1. The summed E-state index contributed by atoms with van der Waals surface area (Å²) in [4.78, 5) is 16.0. The van der Waals surface area contributed by atoms with Crippen LogP contribution in [0.15, 0.2) is 12.1 Å². The largest absolute Gasteiger partial charge is 0.481 e. The third-order valence-electron chi connectivity index (χ3n) is 5.37. The lowest BCUT2D eigenvalue weighted by atomic mass is 9.81. The van der Waals surface area contributed by atoms with Crippen molar-refractivity contribution in [3.63, 3.8) is 0 Å². The summed E-state index contributed by atoms with van der Waals surface area (Å²) in [5.74, 6) is -0.383. The second-order valence-electron chi connectivity index (χ2n) is 7.00. The van der Waals surface area contributed by atoms with E-state index in [4.69, 9.17) is 23.2 Å². The highest BCUT2D eigenvalue weighted by atomic mass is 35.5. The summed E-state index contributed by atoms with van der Waals surface area (Å²) in [6.45, 7) is 2.10. The zero-order chi connectivity index (χ0) is 16.8. The number of fused-ring (bicyclic) bond motifs is 1. The number of aliphatic carboxylic acids is 1. The van der Waals surface area contributed by atoms with Crippen LogP contribution in [0.3, 0.4) is 0 Å². The van der Waals surface area contributed by atoms with Crippen LogP contribution in [0.4, 0.5) is 5.69 Å². The first-order valence-electron chi connectivity index (χ1n) is 7.94. The van der Waals surface area contributed by atoms with E-state index in [0.29, 0.717) is 23.1 Å². The lowest BCUT2D eigenvalue weighted by molar-refractivity contribution is -0.149. The molecule has 126 valence electrons. The van der Waals surface area contributed by atoms with Gasteiger partial charge >= 0.3 is 5.97 Å². The lowest BCUT2D eigenvalue weighted by Gasteiger charge is -2.25. The molecule has 2 fully saturated rings. The molecule has 2 atom stereocenters. The van der Waals surface area contributed by atoms with E-state index in [-0.39, 0.29) is 5.92 Å². The van der Waals surface area contributed by atoms with Crippen LogP contribution >= 0.6 is 23.2 Å². The Balaban J connectivity index is 1.86. The van der Waals surface area contributed by atoms with E-state index in [9.17, 15) is 9.90 Å². The van der Waals surface area contributed by atoms with Gasteiger partial charge in [0.2, 0.25) is 0 Å². The topological polar surface area (TPSA) is 43.8 Å². The number of nitrogens with zero attached hydrogens (tertiary/aromatic N) is 2. The molecule has 1 aromatic carbocycles. The number of anilines is 1. The minimum atomic E-state index is -0.641. The lowest BCUT2D eigenvalue weighted by Crippen LogP contribution is -2.35. The number of hydrogen-bond acceptors (Lipinski definition) is 3. The molecule has 6 heteroatoms. The second-order valence-corrected chi connectivity index (χ2v) is 7.84. The molecule has 0 amide bonds. The van der Waals surface area contributed by atoms with Crippen molar-refractivity contribution in [1.82, 2.24) is 4.90 Å². The third-order valence-corrected chi connectivity index (χ3v) is 5.92. The molecule has 1 aliphatic carbocycles. The molecule has 1 heterocycles. The van der Waals surface area contributed by atoms with Crippen molar-refractivity contribution in [1.29, 1.82) is 0 Å². The van der Waals surface area contributed by atoms with E-state index in [1.54, 1.807) is 6.07 Å². The van der Waals surface area contributed by atoms with E-state index in [2.05, 4.69) is 4.90 Å². The summed E-state index contributed by atoms with van der Waals surface area (Å²) < 4.78 is 0. The molecule has 0 unspecified atom stereocenters. The van der Waals surface area contributed by atoms with Gasteiger partial charge in [-0.3, -0.25) is 9.69 Å². The van der Waals surface area contributed by atoms with Gasteiger partial charge in [0, 0.05) is 55.0 Å². The Hall–Kier alpha value is -0.970. The highest BCUT2D eigenvalue weighted by Crippen LogP contribution is 2.49. The van der Waals surface area contributed by atoms with Crippen molar-refractivity contribution >= 4 is 34.9 Å². The molecule has 3 rings (SSSR count). The number of carboxylic acids is 1. The van der Waals surface area contributed by atoms with Crippen molar-refractivity contribution in [3.05, 3.63) is 27.7 Å². The molecule has 1 saturated carbocycles. The molecule has 0 radical (unpaired) electrons. The van der Waals surface area contributed by atoms with Crippen LogP contribution in [0.5, 0.6) is 0 Å². The fourth-order valence-corrected chi connectivity index (χ4v) is 4.77. The quantitative estimate of drug-likeness (QED) is 0.892. The molecule has 0 aromatic heterocycles. The zero-order valence-corrected chi connectivity index (χ0v) is 15.0. The molecule has 23 heavy (non-hydrogen) atoms. The molecular weight excluding hydrogens is 335 g/mol. The third kappa shape index (κ3) is 2.92. The summed E-state index contributed by atoms with van der Waals surface area (Å²) >= 11 is 12.5. The van der Waals surface area contributed by atoms with Gasteiger partial charge in [-0.05, 0) is 30.9 Å². The van der Waals surface area contributed by atoms with Gasteiger partial charge in [0.1, 0.15) is 0 Å². The summed E-state index contributed by atoms with van der Waals surface area (Å²) in [5, 5.41) is 11.0. The van der Waals surface area contributed by atoms with Crippen LogP contribution in [0.2, 0.25) is 10.0 Å². The predicted molar refractivity (Wildman–Crippen MR) is 93.5 cm³/mol. The van der Waals surface area contributed by atoms with Crippen LogP contribution in [0, 0.1) is 11.3 Å². The van der Waals surface area contributed by atoms with Crippen LogP contribution in [0.1, 0.15) is 24.8 Å². The first kappa shape index (κ1) is 16.9. The van der Waals surface area contributed by atoms with Crippen molar-refractivity contribution in [3.8, 4) is 0 Å². The molecule has 4 nitrogen and oxygen atoms in total. The average Bonchev–Trinajstić information content (AvgIpc) is 2.98. The Kier molecular flexibility index (Phi) is 4.51. The molecule has 1 saturated heterocycles. The Morgan fingerprint density at radius 2 is 2.17 bits per heavy atom. The van der Waals surface area contributed by atoms with Crippen molar-refractivity contribution in [2.24, 2.45) is 11.3 Å². The Morgan fingerprint density at radius 1 is 1.43 bits per heavy atom. The molecule has 1 aliphatic heterocycles. The fraction of sp³-hybridized carbons (Fsp3) is 0.588. The Labute approximate surface area is 147 Å². The van der Waals surface area contributed by atoms with Crippen LogP contribution < -0.4 is 4.90 Å². The standard InChI is InChI=1S/C17H22Cl2N2O2/c1-20(2)15-7-12(18)6-14(19)13(15)9-21-8-11-4-3-5-17(11,10-21)16(22)23/h6-7,11H,3-5,8-10H2,1-2H3,(H,22,23)/t11-,17+/m0/s1. The SMILES string of the molecule is CN(C)c1cc(Cl)cc(Cl)c1CN1C[C@@H]2CCC[C@@]2(C(=O)O)C1. The number of hydrogen-bond donors (Lipinski definition) is 1. The Morgan fingerprint density at radius 3 is 2.78 bits per heavy atom. The molecule has 1 aromatic rings. The van der Waals surface area contributed by atoms with Gasteiger partial charge in [-0.15, -0.1) is 0 Å². The highest BCUT2D eigenvalue weighted by Gasteiger charge is 2.54. The van der Waals surface area contributed by atoms with Crippen molar-refractivity contribution in [2.45, 2.75) is 25.8 Å². The van der Waals surface area contributed by atoms with E-state index in [1.807, 2.05) is 25.1 Å². The van der Waals surface area contributed by atoms with Gasteiger partial charge in [0.05, 0.1) is 5.41 Å². The molecule has 1 N–H and O–H groups in total. The summed E-state index contributed by atoms with van der Waals surface area (Å²) in [5.41, 5.74) is 1.45. The van der Waals surface area contributed by atoms with Crippen molar-refractivity contribution in [2.75, 3.05) is 32.1 Å². The zero-order valence-electron chi connectivity index (χ0n) is 13.5. The smallest absolute Gasteiger partial charge is 0.311 e. The van der Waals surface area contributed by atoms with Crippen LogP contribution in [-0.2, 0) is 11.3 Å². The number of likely N-dealkylation sites (tertiary alicyclic amines) is 1. The van der Waals surface area contributed by atoms with Crippen LogP contribution in [0.25, 0.3) is 0 Å². The van der Waals surface area contributed by atoms with Gasteiger partial charge in [0.15, 0.2) is 0 Å². The van der Waals surface area contributed by atoms with E-state index >= 15 is 0 Å². The normalized spacial score (nSPS) is 27.2. The van der Waals surface area contributed by atoms with Gasteiger partial charge in [0.25, 0.3) is 0 Å². The minimum Gasteiger partial charge on any atom is -0.481 e. The maximum absolute atomic E-state index is 11.8. The molecular formula is C17H22Cl2N2O2. The summed E-state index contributed by atoms with van der Waals surface area (Å²) in [7, 11) is 3.92. The van der Waals surface area contributed by atoms with E-state index < -0.39 is 11.4 Å². The van der Waals surface area contributed by atoms with Gasteiger partial charge in [-0.1, -0.05) is 29.6 Å². The van der Waals surface area contributed by atoms with Gasteiger partial charge in [-0.2, -0.15) is 0 Å². The minimum absolute atomic E-state index is 0.258. The fourth-order valence-electron chi connectivity index (χ4n) is 4.23. The maximum atomic E-state index is 11.8. The molecule has 0 spiro atoms. The van der Waals surface area contributed by atoms with Gasteiger partial charge in [-0.25, -0.2) is 0 Å². The van der Waals surface area contributed by atoms with Crippen molar-refractivity contribution < 1.29 is 9.90 Å². The van der Waals surface area contributed by atoms with E-state index in [1.165, 1.54) is 0 Å². The van der Waals surface area contributed by atoms with Gasteiger partial charge < -0.3 is 10.0 Å². The Bertz CT molecular complexity index is 635. The van der Waals surface area contributed by atoms with E-state index in [0.717, 1.165) is 37.1 Å². The maximum Gasteiger partial charge on any atom is 0.311 e. The molecule has 2 aliphatic rings. The molecule has 0 bridgehead atoms. The first-order chi connectivity index (χ1) is 10.8. The second kappa shape index (κ2) is 6.15. The average molecular weight is 357 g/mol. The summed E-state index contributed by atoms with van der Waals surface area (Å²) in [6.07, 6.45) is 2.82. The number of halogens is 2.